The number of carbonyl (C=O) groups excluding carboxylic acids is 1. The Morgan fingerprint density at radius 2 is 2.13 bits per heavy atom. The zero-order valence-corrected chi connectivity index (χ0v) is 13.2. The van der Waals surface area contributed by atoms with Gasteiger partial charge in [-0.25, -0.2) is 0 Å². The van der Waals surface area contributed by atoms with Crippen molar-refractivity contribution >= 4 is 5.91 Å². The Bertz CT molecular complexity index is 675. The number of rotatable bonds is 3. The summed E-state index contributed by atoms with van der Waals surface area (Å²) in [5, 5.41) is 17.9. The maximum Gasteiger partial charge on any atom is 0.255 e. The van der Waals surface area contributed by atoms with E-state index in [0.717, 1.165) is 12.8 Å². The molecule has 0 radical (unpaired) electrons. The molecular formula is C18H21N3O2. The normalized spacial score (nSPS) is 21.2. The number of aliphatic hydroxyl groups excluding tert-OH is 1. The van der Waals surface area contributed by atoms with Crippen molar-refractivity contribution in [3.05, 3.63) is 59.4 Å². The van der Waals surface area contributed by atoms with Crippen LogP contribution in [0.5, 0.6) is 0 Å². The molecule has 23 heavy (non-hydrogen) atoms. The molecule has 3 rings (SSSR count). The number of hydrogen-bond donors (Lipinski definition) is 1. The molecule has 1 saturated heterocycles. The van der Waals surface area contributed by atoms with E-state index in [1.54, 1.807) is 11.0 Å². The van der Waals surface area contributed by atoms with Crippen molar-refractivity contribution in [2.45, 2.75) is 25.9 Å². The number of piperidine rings is 1. The third-order valence-electron chi connectivity index (χ3n) is 4.58. The Morgan fingerprint density at radius 3 is 2.83 bits per heavy atom. The van der Waals surface area contributed by atoms with Crippen molar-refractivity contribution in [2.75, 3.05) is 13.1 Å². The van der Waals surface area contributed by atoms with Crippen LogP contribution in [0.4, 0.5) is 0 Å². The van der Waals surface area contributed by atoms with Gasteiger partial charge in [-0.15, -0.1) is 0 Å². The van der Waals surface area contributed by atoms with Crippen molar-refractivity contribution in [3.8, 4) is 0 Å². The molecule has 2 aromatic rings. The molecule has 120 valence electrons. The van der Waals surface area contributed by atoms with Crippen molar-refractivity contribution in [2.24, 2.45) is 5.92 Å². The highest BCUT2D eigenvalue weighted by Crippen LogP contribution is 2.24. The molecule has 0 bridgehead atoms. The fourth-order valence-electron chi connectivity index (χ4n) is 3.12. The number of nitrogens with zero attached hydrogens (tertiary/aromatic N) is 3. The van der Waals surface area contributed by atoms with E-state index >= 15 is 0 Å². The van der Waals surface area contributed by atoms with E-state index in [0.29, 0.717) is 18.7 Å². The minimum absolute atomic E-state index is 0.0895. The van der Waals surface area contributed by atoms with Gasteiger partial charge in [0, 0.05) is 13.1 Å². The molecule has 0 spiro atoms. The number of carbonyl (C=O) groups is 1. The van der Waals surface area contributed by atoms with E-state index in [1.165, 1.54) is 23.5 Å². The van der Waals surface area contributed by atoms with Crippen LogP contribution in [0.1, 0.15) is 27.9 Å². The van der Waals surface area contributed by atoms with Crippen LogP contribution in [0.3, 0.4) is 0 Å². The third-order valence-corrected chi connectivity index (χ3v) is 4.58. The van der Waals surface area contributed by atoms with Crippen LogP contribution in [0, 0.1) is 12.8 Å². The van der Waals surface area contributed by atoms with E-state index in [2.05, 4.69) is 29.3 Å². The van der Waals surface area contributed by atoms with Gasteiger partial charge in [-0.3, -0.25) is 4.79 Å². The molecule has 1 aromatic carbocycles. The lowest BCUT2D eigenvalue weighted by atomic mass is 9.86. The summed E-state index contributed by atoms with van der Waals surface area (Å²) in [6.07, 6.45) is 4.14. The average Bonchev–Trinajstić information content (AvgIpc) is 2.58. The minimum atomic E-state index is -0.498. The smallest absolute Gasteiger partial charge is 0.255 e. The monoisotopic (exact) mass is 311 g/mol. The second-order valence-electron chi connectivity index (χ2n) is 6.13. The first-order valence-corrected chi connectivity index (χ1v) is 7.93. The Labute approximate surface area is 136 Å². The highest BCUT2D eigenvalue weighted by Gasteiger charge is 2.30. The molecule has 0 aliphatic carbocycles. The van der Waals surface area contributed by atoms with Gasteiger partial charge >= 0.3 is 0 Å². The van der Waals surface area contributed by atoms with E-state index in [9.17, 15) is 9.90 Å². The first-order chi connectivity index (χ1) is 11.1. The number of aryl methyl sites for hydroxylation is 1. The predicted octanol–water partition coefficient (Wildman–Crippen LogP) is 1.85. The van der Waals surface area contributed by atoms with Gasteiger partial charge in [0.05, 0.1) is 24.1 Å². The number of hydrogen-bond acceptors (Lipinski definition) is 4. The van der Waals surface area contributed by atoms with Crippen LogP contribution < -0.4 is 0 Å². The molecule has 1 N–H and O–H groups in total. The molecule has 1 fully saturated rings. The molecule has 1 aromatic heterocycles. The summed E-state index contributed by atoms with van der Waals surface area (Å²) in [5.41, 5.74) is 3.04. The Kier molecular flexibility index (Phi) is 4.67. The first-order valence-electron chi connectivity index (χ1n) is 7.93. The predicted molar refractivity (Wildman–Crippen MR) is 86.9 cm³/mol. The highest BCUT2D eigenvalue weighted by molar-refractivity contribution is 5.93. The van der Waals surface area contributed by atoms with Crippen molar-refractivity contribution < 1.29 is 9.90 Å². The lowest BCUT2D eigenvalue weighted by Gasteiger charge is -2.36. The largest absolute Gasteiger partial charge is 0.391 e. The number of aromatic nitrogens is 2. The van der Waals surface area contributed by atoms with Crippen molar-refractivity contribution in [1.82, 2.24) is 15.1 Å². The second kappa shape index (κ2) is 6.87. The molecule has 5 heteroatoms. The van der Waals surface area contributed by atoms with E-state index in [4.69, 9.17) is 0 Å². The van der Waals surface area contributed by atoms with Crippen molar-refractivity contribution in [3.63, 3.8) is 0 Å². The summed E-state index contributed by atoms with van der Waals surface area (Å²) in [4.78, 5) is 14.1. The van der Waals surface area contributed by atoms with Gasteiger partial charge in [0.25, 0.3) is 5.91 Å². The molecule has 1 amide bonds. The average molecular weight is 311 g/mol. The van der Waals surface area contributed by atoms with Gasteiger partial charge < -0.3 is 10.0 Å². The molecule has 1 aliphatic heterocycles. The van der Waals surface area contributed by atoms with Crippen LogP contribution in [-0.2, 0) is 6.42 Å². The fourth-order valence-corrected chi connectivity index (χ4v) is 3.12. The minimum Gasteiger partial charge on any atom is -0.391 e. The summed E-state index contributed by atoms with van der Waals surface area (Å²) in [6, 6.07) is 9.92. The summed E-state index contributed by atoms with van der Waals surface area (Å²) < 4.78 is 0. The van der Waals surface area contributed by atoms with E-state index < -0.39 is 6.10 Å². The summed E-state index contributed by atoms with van der Waals surface area (Å²) in [7, 11) is 0. The molecule has 2 atom stereocenters. The van der Waals surface area contributed by atoms with Gasteiger partial charge in [-0.2, -0.15) is 10.2 Å². The maximum atomic E-state index is 12.4. The molecule has 1 aliphatic rings. The van der Waals surface area contributed by atoms with Gasteiger partial charge in [-0.1, -0.05) is 24.3 Å². The highest BCUT2D eigenvalue weighted by atomic mass is 16.3. The van der Waals surface area contributed by atoms with Crippen molar-refractivity contribution in [1.29, 1.82) is 0 Å². The van der Waals surface area contributed by atoms with Gasteiger partial charge in [0.1, 0.15) is 0 Å². The summed E-state index contributed by atoms with van der Waals surface area (Å²) >= 11 is 0. The zero-order valence-electron chi connectivity index (χ0n) is 13.2. The van der Waals surface area contributed by atoms with Crippen LogP contribution in [0.15, 0.2) is 42.7 Å². The van der Waals surface area contributed by atoms with Gasteiger partial charge in [-0.05, 0) is 42.9 Å². The van der Waals surface area contributed by atoms with E-state index in [1.807, 2.05) is 12.1 Å². The number of likely N-dealkylation sites (tertiary alicyclic amines) is 1. The molecule has 0 saturated carbocycles. The second-order valence-corrected chi connectivity index (χ2v) is 6.13. The standard InChI is InChI=1S/C18H21N3O2/c1-13-4-2-3-5-14(13)10-15-7-9-21(12-17(15)22)18(23)16-6-8-19-20-11-16/h2-6,8,11,15,17,22H,7,9-10,12H2,1H3/t15-,17-/m1/s1. The number of aliphatic hydroxyl groups is 1. The topological polar surface area (TPSA) is 66.3 Å². The quantitative estimate of drug-likeness (QED) is 0.939. The van der Waals surface area contributed by atoms with Crippen LogP contribution in [-0.4, -0.2) is 45.3 Å². The Hall–Kier alpha value is -2.27. The Morgan fingerprint density at radius 1 is 1.30 bits per heavy atom. The third kappa shape index (κ3) is 3.56. The van der Waals surface area contributed by atoms with Crippen LogP contribution in [0.25, 0.3) is 0 Å². The number of benzene rings is 1. The number of β-amino-alcohol motifs (C(OH)–C–C–N with tert-alkyl or cyclic N) is 1. The van der Waals surface area contributed by atoms with Gasteiger partial charge in [0.2, 0.25) is 0 Å². The van der Waals surface area contributed by atoms with Gasteiger partial charge in [0.15, 0.2) is 0 Å². The molecule has 5 nitrogen and oxygen atoms in total. The molecule has 2 heterocycles. The zero-order chi connectivity index (χ0) is 16.2. The lowest BCUT2D eigenvalue weighted by Crippen LogP contribution is -2.47. The van der Waals surface area contributed by atoms with E-state index in [-0.39, 0.29) is 11.8 Å². The maximum absolute atomic E-state index is 12.4. The first kappa shape index (κ1) is 15.6. The number of amides is 1. The fraction of sp³-hybridized carbons (Fsp3) is 0.389. The Balaban J connectivity index is 1.64. The molecule has 0 unspecified atom stereocenters. The SMILES string of the molecule is Cc1ccccc1C[C@H]1CCN(C(=O)c2ccnnc2)C[C@H]1O. The summed E-state index contributed by atoms with van der Waals surface area (Å²) in [5.74, 6) is 0.101. The molecular weight excluding hydrogens is 290 g/mol. The summed E-state index contributed by atoms with van der Waals surface area (Å²) in [6.45, 7) is 3.13. The van der Waals surface area contributed by atoms with Crippen LogP contribution >= 0.6 is 0 Å². The lowest BCUT2D eigenvalue weighted by molar-refractivity contribution is 0.0197. The van der Waals surface area contributed by atoms with Crippen LogP contribution in [0.2, 0.25) is 0 Å².